The van der Waals surface area contributed by atoms with Gasteiger partial charge in [0.1, 0.15) is 34.8 Å². The van der Waals surface area contributed by atoms with Gasteiger partial charge in [0.05, 0.1) is 18.1 Å². The summed E-state index contributed by atoms with van der Waals surface area (Å²) in [7, 11) is 1.40. The summed E-state index contributed by atoms with van der Waals surface area (Å²) in [6.07, 6.45) is -1.18. The lowest BCUT2D eigenvalue weighted by Crippen LogP contribution is -2.65. The van der Waals surface area contributed by atoms with Crippen LogP contribution in [0, 0.1) is 24.2 Å². The molecule has 4 N–H and O–H groups in total. The number of hydrogen-bond donors (Lipinski definition) is 4. The number of rotatable bonds is 2. The van der Waals surface area contributed by atoms with Crippen molar-refractivity contribution >= 4 is 28.4 Å². The highest BCUT2D eigenvalue weighted by Crippen LogP contribution is 2.50. The van der Waals surface area contributed by atoms with Crippen molar-refractivity contribution in [2.75, 3.05) is 7.11 Å². The van der Waals surface area contributed by atoms with Gasteiger partial charge < -0.3 is 30.1 Å². The Labute approximate surface area is 206 Å². The fourth-order valence-electron chi connectivity index (χ4n) is 5.10. The standard InChI is InChI=1S/C26H26N2O8/c1-11-12-7-6-8-16(35-5)17(12)21(30)18-13(11)9-15-19(28-24(33)36-25(2,3)4)20(29)14(10-27)22(31)26(15,34)23(18)32/h6-8,15,19,30-31,34H,9H2,1-5H3,(H,28,33)/t15-,19-,26+/m0/s1. The van der Waals surface area contributed by atoms with Gasteiger partial charge in [-0.25, -0.2) is 4.79 Å². The average Bonchev–Trinajstić information content (AvgIpc) is 2.80. The Balaban J connectivity index is 1.97. The first kappa shape index (κ1) is 25.0. The molecule has 10 nitrogen and oxygen atoms in total. The summed E-state index contributed by atoms with van der Waals surface area (Å²) in [4.78, 5) is 39.5. The van der Waals surface area contributed by atoms with E-state index in [0.717, 1.165) is 0 Å². The second-order valence-electron chi connectivity index (χ2n) is 9.94. The molecule has 36 heavy (non-hydrogen) atoms. The number of ether oxygens (including phenoxy) is 2. The van der Waals surface area contributed by atoms with Crippen LogP contribution in [0.4, 0.5) is 4.79 Å². The Hall–Kier alpha value is -4.10. The number of aliphatic hydroxyl groups excluding tert-OH is 1. The van der Waals surface area contributed by atoms with E-state index in [-0.39, 0.29) is 17.4 Å². The number of benzene rings is 2. The molecular formula is C26H26N2O8. The van der Waals surface area contributed by atoms with E-state index in [1.165, 1.54) is 13.2 Å². The van der Waals surface area contributed by atoms with Crippen molar-refractivity contribution in [1.29, 1.82) is 5.26 Å². The molecule has 0 spiro atoms. The second kappa shape index (κ2) is 8.24. The molecule has 0 radical (unpaired) electrons. The van der Waals surface area contributed by atoms with Crippen LogP contribution in [0.1, 0.15) is 42.3 Å². The maximum absolute atomic E-state index is 13.8. The van der Waals surface area contributed by atoms with E-state index >= 15 is 0 Å². The van der Waals surface area contributed by atoms with Crippen LogP contribution in [0.2, 0.25) is 0 Å². The molecule has 4 rings (SSSR count). The number of nitrogens with zero attached hydrogens (tertiary/aromatic N) is 1. The lowest BCUT2D eigenvalue weighted by Gasteiger charge is -2.45. The molecule has 2 aliphatic rings. The summed E-state index contributed by atoms with van der Waals surface area (Å²) in [5, 5.41) is 46.4. The summed E-state index contributed by atoms with van der Waals surface area (Å²) < 4.78 is 10.6. The van der Waals surface area contributed by atoms with E-state index in [0.29, 0.717) is 22.3 Å². The van der Waals surface area contributed by atoms with Crippen LogP contribution in [0.5, 0.6) is 11.5 Å². The monoisotopic (exact) mass is 494 g/mol. The van der Waals surface area contributed by atoms with E-state index < -0.39 is 57.9 Å². The molecule has 0 heterocycles. The number of amides is 1. The number of carbonyl (C=O) groups is 3. The van der Waals surface area contributed by atoms with Gasteiger partial charge in [-0.1, -0.05) is 12.1 Å². The molecule has 1 amide bonds. The molecular weight excluding hydrogens is 468 g/mol. The van der Waals surface area contributed by atoms with Gasteiger partial charge in [0.2, 0.25) is 5.78 Å². The second-order valence-corrected chi connectivity index (χ2v) is 9.94. The van der Waals surface area contributed by atoms with E-state index in [4.69, 9.17) is 9.47 Å². The van der Waals surface area contributed by atoms with Crippen LogP contribution in [-0.2, 0) is 16.0 Å². The van der Waals surface area contributed by atoms with Gasteiger partial charge in [-0.15, -0.1) is 0 Å². The van der Waals surface area contributed by atoms with E-state index in [2.05, 4.69) is 5.32 Å². The number of phenols is 1. The van der Waals surface area contributed by atoms with Crippen molar-refractivity contribution < 1.29 is 39.2 Å². The van der Waals surface area contributed by atoms with Crippen molar-refractivity contribution in [3.63, 3.8) is 0 Å². The van der Waals surface area contributed by atoms with Gasteiger partial charge in [-0.05, 0) is 56.7 Å². The van der Waals surface area contributed by atoms with Gasteiger partial charge >= 0.3 is 6.09 Å². The number of carbonyl (C=O) groups excluding carboxylic acids is 3. The maximum atomic E-state index is 13.8. The number of nitrogens with one attached hydrogen (secondary N) is 1. The zero-order chi connectivity index (χ0) is 26.7. The lowest BCUT2D eigenvalue weighted by molar-refractivity contribution is -0.124. The number of nitriles is 1. The Morgan fingerprint density at radius 3 is 2.50 bits per heavy atom. The Morgan fingerprint density at radius 2 is 1.92 bits per heavy atom. The van der Waals surface area contributed by atoms with E-state index in [1.54, 1.807) is 45.9 Å². The van der Waals surface area contributed by atoms with Crippen LogP contribution in [0.3, 0.4) is 0 Å². The number of aliphatic hydroxyl groups is 2. The largest absolute Gasteiger partial charge is 0.507 e. The van der Waals surface area contributed by atoms with E-state index in [1.807, 2.05) is 0 Å². The van der Waals surface area contributed by atoms with Crippen molar-refractivity contribution in [2.24, 2.45) is 5.92 Å². The fraction of sp³-hybridized carbons (Fsp3) is 0.385. The average molecular weight is 495 g/mol. The third kappa shape index (κ3) is 3.46. The van der Waals surface area contributed by atoms with Crippen LogP contribution < -0.4 is 10.1 Å². The van der Waals surface area contributed by atoms with Crippen molar-refractivity contribution in [3.05, 3.63) is 46.2 Å². The highest BCUT2D eigenvalue weighted by molar-refractivity contribution is 6.17. The lowest BCUT2D eigenvalue weighted by atomic mass is 9.61. The quantitative estimate of drug-likeness (QED) is 0.491. The highest BCUT2D eigenvalue weighted by Gasteiger charge is 2.62. The molecule has 3 atom stereocenters. The van der Waals surface area contributed by atoms with Gasteiger partial charge in [0.15, 0.2) is 17.1 Å². The molecule has 188 valence electrons. The molecule has 0 bridgehead atoms. The summed E-state index contributed by atoms with van der Waals surface area (Å²) >= 11 is 0. The molecule has 0 saturated carbocycles. The summed E-state index contributed by atoms with van der Waals surface area (Å²) in [5.41, 5.74) is -3.86. The van der Waals surface area contributed by atoms with Crippen LogP contribution >= 0.6 is 0 Å². The normalized spacial score (nSPS) is 23.6. The number of phenolic OH excluding ortho intramolecular Hbond substituents is 1. The Morgan fingerprint density at radius 1 is 1.25 bits per heavy atom. The predicted octanol–water partition coefficient (Wildman–Crippen LogP) is 2.76. The van der Waals surface area contributed by atoms with Crippen molar-refractivity contribution in [2.45, 2.75) is 51.4 Å². The highest BCUT2D eigenvalue weighted by atomic mass is 16.6. The molecule has 0 aromatic heterocycles. The minimum Gasteiger partial charge on any atom is -0.507 e. The summed E-state index contributed by atoms with van der Waals surface area (Å²) in [6, 6.07) is 5.01. The SMILES string of the molecule is COc1cccc2c(C)c3c(c(O)c12)C(=O)[C@]1(O)C(O)=C(C#N)C(=O)[C@@H](NC(=O)OC(C)(C)C)[C@@H]1C3. The number of aryl methyl sites for hydroxylation is 1. The number of aromatic hydroxyl groups is 1. The van der Waals surface area contributed by atoms with Crippen molar-refractivity contribution in [3.8, 4) is 17.6 Å². The first-order valence-electron chi connectivity index (χ1n) is 11.2. The molecule has 0 saturated heterocycles. The van der Waals surface area contributed by atoms with Gasteiger partial charge in [-0.3, -0.25) is 9.59 Å². The zero-order valence-electron chi connectivity index (χ0n) is 20.4. The van der Waals surface area contributed by atoms with Gasteiger partial charge in [-0.2, -0.15) is 5.26 Å². The van der Waals surface area contributed by atoms with Crippen LogP contribution in [-0.4, -0.2) is 57.3 Å². The van der Waals surface area contributed by atoms with Gasteiger partial charge in [0.25, 0.3) is 0 Å². The first-order valence-corrected chi connectivity index (χ1v) is 11.2. The molecule has 0 fully saturated rings. The van der Waals surface area contributed by atoms with Crippen LogP contribution in [0.15, 0.2) is 29.5 Å². The smallest absolute Gasteiger partial charge is 0.408 e. The zero-order valence-corrected chi connectivity index (χ0v) is 20.4. The minimum atomic E-state index is -2.76. The topological polar surface area (TPSA) is 166 Å². The molecule has 2 aromatic rings. The maximum Gasteiger partial charge on any atom is 0.408 e. The molecule has 2 aliphatic carbocycles. The fourth-order valence-corrected chi connectivity index (χ4v) is 5.10. The van der Waals surface area contributed by atoms with E-state index in [9.17, 15) is 35.0 Å². The first-order chi connectivity index (χ1) is 16.8. The number of ketones is 2. The molecule has 10 heteroatoms. The predicted molar refractivity (Wildman–Crippen MR) is 127 cm³/mol. The third-order valence-electron chi connectivity index (χ3n) is 6.73. The minimum absolute atomic E-state index is 0.181. The summed E-state index contributed by atoms with van der Waals surface area (Å²) in [5.74, 6) is -4.73. The number of hydrogen-bond acceptors (Lipinski definition) is 9. The van der Waals surface area contributed by atoms with Gasteiger partial charge in [0, 0.05) is 5.92 Å². The molecule has 2 aromatic carbocycles. The Kier molecular flexibility index (Phi) is 5.72. The number of fused-ring (bicyclic) bond motifs is 3. The number of Topliss-reactive ketones (excluding diaryl/α,β-unsaturated/α-hetero) is 2. The third-order valence-corrected chi connectivity index (χ3v) is 6.73. The molecule has 0 unspecified atom stereocenters. The number of alkyl carbamates (subject to hydrolysis) is 1. The van der Waals surface area contributed by atoms with Crippen LogP contribution in [0.25, 0.3) is 10.8 Å². The summed E-state index contributed by atoms with van der Waals surface area (Å²) in [6.45, 7) is 6.56. The number of methoxy groups -OCH3 is 1. The Bertz CT molecular complexity index is 1410. The van der Waals surface area contributed by atoms with Crippen molar-refractivity contribution in [1.82, 2.24) is 5.32 Å². The molecule has 0 aliphatic heterocycles.